The third-order valence-electron chi connectivity index (χ3n) is 4.14. The van der Waals surface area contributed by atoms with E-state index in [1.54, 1.807) is 0 Å². The van der Waals surface area contributed by atoms with Crippen molar-refractivity contribution < 1.29 is 9.53 Å². The minimum Gasteiger partial charge on any atom is -0.377 e. The van der Waals surface area contributed by atoms with Crippen LogP contribution in [-0.2, 0) is 4.74 Å². The number of amides is 2. The lowest BCUT2D eigenvalue weighted by Gasteiger charge is -2.36. The fourth-order valence-corrected chi connectivity index (χ4v) is 3.22. The van der Waals surface area contributed by atoms with Crippen molar-refractivity contribution in [2.24, 2.45) is 5.92 Å². The molecular formula is C18H28N2O2. The number of carbonyl (C=O) groups is 1. The van der Waals surface area contributed by atoms with Gasteiger partial charge in [0.25, 0.3) is 0 Å². The molecule has 1 fully saturated rings. The zero-order chi connectivity index (χ0) is 16.3. The maximum Gasteiger partial charge on any atom is 0.322 e. The number of nitrogens with one attached hydrogen (secondary N) is 1. The lowest BCUT2D eigenvalue weighted by atomic mass is 10.0. The average molecular weight is 304 g/mol. The van der Waals surface area contributed by atoms with E-state index in [4.69, 9.17) is 4.74 Å². The Morgan fingerprint density at radius 2 is 1.95 bits per heavy atom. The highest BCUT2D eigenvalue weighted by Gasteiger charge is 2.28. The summed E-state index contributed by atoms with van der Waals surface area (Å²) in [4.78, 5) is 14.6. The van der Waals surface area contributed by atoms with Crippen molar-refractivity contribution in [3.8, 4) is 0 Å². The molecule has 1 atom stereocenters. The van der Waals surface area contributed by atoms with Gasteiger partial charge in [0, 0.05) is 12.2 Å². The number of ether oxygens (including phenoxy) is 1. The van der Waals surface area contributed by atoms with Crippen LogP contribution in [-0.4, -0.2) is 36.7 Å². The average Bonchev–Trinajstić information content (AvgIpc) is 2.42. The van der Waals surface area contributed by atoms with E-state index in [0.717, 1.165) is 23.2 Å². The zero-order valence-electron chi connectivity index (χ0n) is 14.4. The Hall–Kier alpha value is -1.55. The van der Waals surface area contributed by atoms with Crippen molar-refractivity contribution in [2.45, 2.75) is 47.1 Å². The lowest BCUT2D eigenvalue weighted by Crippen LogP contribution is -2.50. The quantitative estimate of drug-likeness (QED) is 0.920. The van der Waals surface area contributed by atoms with E-state index < -0.39 is 0 Å². The molecule has 0 aliphatic carbocycles. The van der Waals surface area contributed by atoms with Gasteiger partial charge in [-0.3, -0.25) is 0 Å². The van der Waals surface area contributed by atoms with Crippen molar-refractivity contribution in [2.75, 3.05) is 25.1 Å². The van der Waals surface area contributed by atoms with Gasteiger partial charge in [-0.15, -0.1) is 0 Å². The van der Waals surface area contributed by atoms with Gasteiger partial charge in [-0.05, 0) is 44.2 Å². The summed E-state index contributed by atoms with van der Waals surface area (Å²) in [5.74, 6) is 0.546. The first kappa shape index (κ1) is 16.8. The summed E-state index contributed by atoms with van der Waals surface area (Å²) in [6.45, 7) is 12.4. The first-order valence-corrected chi connectivity index (χ1v) is 8.11. The third kappa shape index (κ3) is 4.01. The van der Waals surface area contributed by atoms with Crippen LogP contribution < -0.4 is 5.32 Å². The largest absolute Gasteiger partial charge is 0.377 e. The van der Waals surface area contributed by atoms with E-state index in [0.29, 0.717) is 25.7 Å². The van der Waals surface area contributed by atoms with Gasteiger partial charge in [0.1, 0.15) is 0 Å². The molecule has 1 aliphatic heterocycles. The summed E-state index contributed by atoms with van der Waals surface area (Å²) < 4.78 is 5.56. The van der Waals surface area contributed by atoms with Crippen LogP contribution in [0.4, 0.5) is 10.5 Å². The van der Waals surface area contributed by atoms with Crippen LogP contribution in [0.25, 0.3) is 0 Å². The molecule has 22 heavy (non-hydrogen) atoms. The van der Waals surface area contributed by atoms with Crippen LogP contribution in [0.2, 0.25) is 0 Å². The summed E-state index contributed by atoms with van der Waals surface area (Å²) in [5.41, 5.74) is 4.38. The summed E-state index contributed by atoms with van der Waals surface area (Å²) in [7, 11) is 0. The molecule has 0 spiro atoms. The molecule has 1 aromatic rings. The minimum atomic E-state index is -0.0102. The molecule has 1 saturated heterocycles. The first-order chi connectivity index (χ1) is 10.4. The Balaban J connectivity index is 2.13. The molecule has 0 bridgehead atoms. The van der Waals surface area contributed by atoms with Crippen LogP contribution >= 0.6 is 0 Å². The molecule has 4 heteroatoms. The Kier molecular flexibility index (Phi) is 5.46. The van der Waals surface area contributed by atoms with E-state index in [1.165, 1.54) is 5.56 Å². The molecule has 1 aliphatic rings. The van der Waals surface area contributed by atoms with Gasteiger partial charge >= 0.3 is 6.03 Å². The predicted octanol–water partition coefficient (Wildman–Crippen LogP) is 3.89. The summed E-state index contributed by atoms with van der Waals surface area (Å²) in [6, 6.07) is 4.37. The van der Waals surface area contributed by atoms with E-state index in [2.05, 4.69) is 38.2 Å². The SMILES string of the molecule is Cc1cc(C)c(NC(=O)N2CCOCC2CC(C)C)c(C)c1. The molecule has 2 amide bonds. The van der Waals surface area contributed by atoms with Gasteiger partial charge in [0.2, 0.25) is 0 Å². The second-order valence-corrected chi connectivity index (χ2v) is 6.76. The molecule has 1 N–H and O–H groups in total. The number of anilines is 1. The Morgan fingerprint density at radius 1 is 1.32 bits per heavy atom. The number of nitrogens with zero attached hydrogens (tertiary/aromatic N) is 1. The van der Waals surface area contributed by atoms with E-state index in [-0.39, 0.29) is 12.1 Å². The molecule has 1 heterocycles. The summed E-state index contributed by atoms with van der Waals surface area (Å²) in [6.07, 6.45) is 0.972. The smallest absolute Gasteiger partial charge is 0.322 e. The normalized spacial score (nSPS) is 18.6. The number of carbonyl (C=O) groups excluding carboxylic acids is 1. The third-order valence-corrected chi connectivity index (χ3v) is 4.14. The van der Waals surface area contributed by atoms with Gasteiger partial charge in [0.05, 0.1) is 19.3 Å². The molecule has 1 unspecified atom stereocenters. The molecule has 122 valence electrons. The number of rotatable bonds is 3. The topological polar surface area (TPSA) is 41.6 Å². The number of benzene rings is 1. The minimum absolute atomic E-state index is 0.0102. The lowest BCUT2D eigenvalue weighted by molar-refractivity contribution is 0.00857. The number of morpholine rings is 1. The zero-order valence-corrected chi connectivity index (χ0v) is 14.4. The maximum atomic E-state index is 12.7. The first-order valence-electron chi connectivity index (χ1n) is 8.11. The highest BCUT2D eigenvalue weighted by Crippen LogP contribution is 2.23. The number of hydrogen-bond donors (Lipinski definition) is 1. The number of urea groups is 1. The van der Waals surface area contributed by atoms with Crippen LogP contribution in [0.3, 0.4) is 0 Å². The number of aryl methyl sites for hydroxylation is 3. The fraction of sp³-hybridized carbons (Fsp3) is 0.611. The van der Waals surface area contributed by atoms with E-state index in [9.17, 15) is 4.79 Å². The molecule has 0 aromatic heterocycles. The van der Waals surface area contributed by atoms with Crippen molar-refractivity contribution >= 4 is 11.7 Å². The molecular weight excluding hydrogens is 276 g/mol. The van der Waals surface area contributed by atoms with Crippen molar-refractivity contribution in [1.82, 2.24) is 4.90 Å². The highest BCUT2D eigenvalue weighted by molar-refractivity contribution is 5.91. The van der Waals surface area contributed by atoms with Gasteiger partial charge in [-0.2, -0.15) is 0 Å². The Labute approximate surface area is 133 Å². The van der Waals surface area contributed by atoms with Gasteiger partial charge < -0.3 is 15.0 Å². The highest BCUT2D eigenvalue weighted by atomic mass is 16.5. The molecule has 2 rings (SSSR count). The summed E-state index contributed by atoms with van der Waals surface area (Å²) >= 11 is 0. The second kappa shape index (κ2) is 7.14. The monoisotopic (exact) mass is 304 g/mol. The maximum absolute atomic E-state index is 12.7. The van der Waals surface area contributed by atoms with Gasteiger partial charge in [0.15, 0.2) is 0 Å². The Morgan fingerprint density at radius 3 is 2.55 bits per heavy atom. The standard InChI is InChI=1S/C18H28N2O2/c1-12(2)8-16-11-22-7-6-20(16)18(21)19-17-14(4)9-13(3)10-15(17)5/h9-10,12,16H,6-8,11H2,1-5H3,(H,19,21). The van der Waals surface area contributed by atoms with Gasteiger partial charge in [-0.25, -0.2) is 4.79 Å². The van der Waals surface area contributed by atoms with Crippen LogP contribution in [0, 0.1) is 26.7 Å². The molecule has 4 nitrogen and oxygen atoms in total. The predicted molar refractivity (Wildman–Crippen MR) is 90.4 cm³/mol. The van der Waals surface area contributed by atoms with Crippen molar-refractivity contribution in [1.29, 1.82) is 0 Å². The van der Waals surface area contributed by atoms with E-state index in [1.807, 2.05) is 18.7 Å². The fourth-order valence-electron chi connectivity index (χ4n) is 3.22. The Bertz CT molecular complexity index is 517. The van der Waals surface area contributed by atoms with E-state index >= 15 is 0 Å². The van der Waals surface area contributed by atoms with Gasteiger partial charge in [-0.1, -0.05) is 31.5 Å². The molecule has 1 aromatic carbocycles. The van der Waals surface area contributed by atoms with Crippen molar-refractivity contribution in [3.05, 3.63) is 28.8 Å². The molecule has 0 radical (unpaired) electrons. The van der Waals surface area contributed by atoms with Crippen molar-refractivity contribution in [3.63, 3.8) is 0 Å². The summed E-state index contributed by atoms with van der Waals surface area (Å²) in [5, 5.41) is 3.11. The van der Waals surface area contributed by atoms with Crippen LogP contribution in [0.5, 0.6) is 0 Å². The van der Waals surface area contributed by atoms with Crippen LogP contribution in [0.15, 0.2) is 12.1 Å². The molecule has 0 saturated carbocycles. The van der Waals surface area contributed by atoms with Crippen LogP contribution in [0.1, 0.15) is 37.0 Å². The number of hydrogen-bond acceptors (Lipinski definition) is 2. The second-order valence-electron chi connectivity index (χ2n) is 6.76.